The molecule has 5 nitrogen and oxygen atoms in total. The summed E-state index contributed by atoms with van der Waals surface area (Å²) in [5.74, 6) is 0.0149. The van der Waals surface area contributed by atoms with E-state index < -0.39 is 0 Å². The fraction of sp³-hybridized carbons (Fsp3) is 0.333. The Hall–Kier alpha value is -1.56. The van der Waals surface area contributed by atoms with E-state index in [-0.39, 0.29) is 5.78 Å². The zero-order chi connectivity index (χ0) is 13.1. The first-order valence-electron chi connectivity index (χ1n) is 5.76. The van der Waals surface area contributed by atoms with Crippen LogP contribution in [0, 0.1) is 0 Å². The first-order valence-corrected chi connectivity index (χ1v) is 6.55. The fourth-order valence-corrected chi connectivity index (χ4v) is 2.08. The zero-order valence-electron chi connectivity index (χ0n) is 10.2. The van der Waals surface area contributed by atoms with Gasteiger partial charge in [0.05, 0.1) is 17.6 Å². The van der Waals surface area contributed by atoms with E-state index in [0.717, 1.165) is 15.9 Å². The van der Waals surface area contributed by atoms with Crippen molar-refractivity contribution in [2.24, 2.45) is 0 Å². The van der Waals surface area contributed by atoms with Gasteiger partial charge >= 0.3 is 0 Å². The summed E-state index contributed by atoms with van der Waals surface area (Å²) in [6, 6.07) is 1.89. The number of ketones is 1. The number of hydrogen-bond acceptors (Lipinski definition) is 4. The summed E-state index contributed by atoms with van der Waals surface area (Å²) in [6.45, 7) is 3.80. The number of halogens is 1. The summed E-state index contributed by atoms with van der Waals surface area (Å²) in [7, 11) is 0. The van der Waals surface area contributed by atoms with Crippen molar-refractivity contribution in [1.82, 2.24) is 20.0 Å². The Morgan fingerprint density at radius 1 is 1.39 bits per heavy atom. The molecule has 0 spiro atoms. The summed E-state index contributed by atoms with van der Waals surface area (Å²) in [4.78, 5) is 15.9. The monoisotopic (exact) mass is 308 g/mol. The molecule has 2 aromatic heterocycles. The van der Waals surface area contributed by atoms with Crippen molar-refractivity contribution >= 4 is 21.7 Å². The number of aromatic nitrogens is 4. The summed E-state index contributed by atoms with van der Waals surface area (Å²) in [5, 5.41) is 8.04. The summed E-state index contributed by atoms with van der Waals surface area (Å²) >= 11 is 3.36. The van der Waals surface area contributed by atoms with Crippen LogP contribution >= 0.6 is 15.9 Å². The summed E-state index contributed by atoms with van der Waals surface area (Å²) < 4.78 is 2.53. The number of rotatable bonds is 4. The van der Waals surface area contributed by atoms with Gasteiger partial charge in [-0.05, 0) is 28.4 Å². The molecule has 0 aliphatic rings. The van der Waals surface area contributed by atoms with Crippen molar-refractivity contribution in [2.75, 3.05) is 0 Å². The van der Waals surface area contributed by atoms with E-state index in [9.17, 15) is 4.79 Å². The molecule has 18 heavy (non-hydrogen) atoms. The lowest BCUT2D eigenvalue weighted by molar-refractivity contribution is 0.0982. The molecule has 0 fully saturated rings. The molecule has 0 saturated heterocycles. The minimum Gasteiger partial charge on any atom is -0.292 e. The second kappa shape index (κ2) is 5.39. The molecule has 0 bridgehead atoms. The molecule has 0 aromatic carbocycles. The van der Waals surface area contributed by atoms with Crippen LogP contribution in [0.4, 0.5) is 0 Å². The Morgan fingerprint density at radius 2 is 2.17 bits per heavy atom. The van der Waals surface area contributed by atoms with Gasteiger partial charge in [0, 0.05) is 17.1 Å². The minimum atomic E-state index is 0.0149. The number of carbonyl (C=O) groups is 1. The van der Waals surface area contributed by atoms with E-state index in [2.05, 4.69) is 31.2 Å². The maximum absolute atomic E-state index is 11.8. The quantitative estimate of drug-likeness (QED) is 0.815. The smallest absolute Gasteiger partial charge is 0.184 e. The average Bonchev–Trinajstić information content (AvgIpc) is 2.81. The number of carbonyl (C=O) groups excluding carboxylic acids is 1. The number of pyridine rings is 1. The van der Waals surface area contributed by atoms with Crippen LogP contribution in [0.2, 0.25) is 0 Å². The Balaban J connectivity index is 2.52. The number of hydrogen-bond donors (Lipinski definition) is 0. The largest absolute Gasteiger partial charge is 0.292 e. The van der Waals surface area contributed by atoms with Gasteiger partial charge in [0.15, 0.2) is 11.5 Å². The third kappa shape index (κ3) is 2.33. The van der Waals surface area contributed by atoms with Crippen LogP contribution in [-0.2, 0) is 6.42 Å². The molecule has 0 aliphatic heterocycles. The predicted octanol–water partition coefficient (Wildman–Crippen LogP) is 2.58. The minimum absolute atomic E-state index is 0.0149. The molecule has 0 amide bonds. The standard InChI is InChI=1S/C12H13BrN4O/c1-3-10-12(11(18)4-2)15-16-17(10)9-5-8(13)6-14-7-9/h5-7H,3-4H2,1-2H3. The van der Waals surface area contributed by atoms with Gasteiger partial charge in [-0.25, -0.2) is 4.68 Å². The van der Waals surface area contributed by atoms with E-state index in [1.54, 1.807) is 17.1 Å². The van der Waals surface area contributed by atoms with Crippen LogP contribution in [-0.4, -0.2) is 25.8 Å². The van der Waals surface area contributed by atoms with Gasteiger partial charge < -0.3 is 0 Å². The molecule has 0 atom stereocenters. The lowest BCUT2D eigenvalue weighted by Gasteiger charge is -2.05. The Kier molecular flexibility index (Phi) is 3.86. The van der Waals surface area contributed by atoms with Gasteiger partial charge in [0.2, 0.25) is 0 Å². The Labute approximate surface area is 113 Å². The molecular weight excluding hydrogens is 296 g/mol. The highest BCUT2D eigenvalue weighted by atomic mass is 79.9. The highest BCUT2D eigenvalue weighted by Crippen LogP contribution is 2.17. The predicted molar refractivity (Wildman–Crippen MR) is 70.9 cm³/mol. The first kappa shape index (κ1) is 12.9. The SMILES string of the molecule is CCC(=O)c1nnn(-c2cncc(Br)c2)c1CC. The highest BCUT2D eigenvalue weighted by Gasteiger charge is 2.17. The first-order chi connectivity index (χ1) is 8.67. The van der Waals surface area contributed by atoms with Crippen LogP contribution in [0.3, 0.4) is 0 Å². The zero-order valence-corrected chi connectivity index (χ0v) is 11.8. The normalized spacial score (nSPS) is 10.6. The molecule has 0 unspecified atom stereocenters. The maximum atomic E-state index is 11.8. The second-order valence-electron chi connectivity index (χ2n) is 3.79. The molecule has 2 aromatic rings. The van der Waals surface area contributed by atoms with Gasteiger partial charge in [0.25, 0.3) is 0 Å². The van der Waals surface area contributed by atoms with E-state index >= 15 is 0 Å². The van der Waals surface area contributed by atoms with Crippen LogP contribution in [0.5, 0.6) is 0 Å². The molecule has 0 N–H and O–H groups in total. The maximum Gasteiger partial charge on any atom is 0.184 e. The summed E-state index contributed by atoms with van der Waals surface area (Å²) in [6.07, 6.45) is 4.52. The van der Waals surface area contributed by atoms with Crippen LogP contribution < -0.4 is 0 Å². The van der Waals surface area contributed by atoms with Crippen molar-refractivity contribution in [3.05, 3.63) is 34.3 Å². The van der Waals surface area contributed by atoms with Crippen molar-refractivity contribution < 1.29 is 4.79 Å². The van der Waals surface area contributed by atoms with E-state index in [4.69, 9.17) is 0 Å². The average molecular weight is 309 g/mol. The van der Waals surface area contributed by atoms with E-state index in [0.29, 0.717) is 18.5 Å². The number of nitrogens with zero attached hydrogens (tertiary/aromatic N) is 4. The third-order valence-corrected chi connectivity index (χ3v) is 3.05. The third-order valence-electron chi connectivity index (χ3n) is 2.62. The van der Waals surface area contributed by atoms with E-state index in [1.807, 2.05) is 19.9 Å². The lowest BCUT2D eigenvalue weighted by Crippen LogP contribution is -2.06. The Bertz CT molecular complexity index is 579. The molecule has 0 aliphatic carbocycles. The van der Waals surface area contributed by atoms with Crippen LogP contribution in [0.1, 0.15) is 36.5 Å². The van der Waals surface area contributed by atoms with Crippen molar-refractivity contribution in [2.45, 2.75) is 26.7 Å². The van der Waals surface area contributed by atoms with Gasteiger partial charge in [-0.1, -0.05) is 19.1 Å². The lowest BCUT2D eigenvalue weighted by atomic mass is 10.1. The summed E-state index contributed by atoms with van der Waals surface area (Å²) in [5.41, 5.74) is 2.07. The van der Waals surface area contributed by atoms with Gasteiger partial charge in [-0.2, -0.15) is 0 Å². The molecule has 2 heterocycles. The van der Waals surface area contributed by atoms with E-state index in [1.165, 1.54) is 0 Å². The molecule has 2 rings (SSSR count). The fourth-order valence-electron chi connectivity index (χ4n) is 1.73. The Morgan fingerprint density at radius 3 is 2.78 bits per heavy atom. The molecule has 94 valence electrons. The van der Waals surface area contributed by atoms with Crippen molar-refractivity contribution in [3.63, 3.8) is 0 Å². The topological polar surface area (TPSA) is 60.7 Å². The van der Waals surface area contributed by atoms with Gasteiger partial charge in [-0.3, -0.25) is 9.78 Å². The van der Waals surface area contributed by atoms with Crippen LogP contribution in [0.25, 0.3) is 5.69 Å². The second-order valence-corrected chi connectivity index (χ2v) is 4.70. The van der Waals surface area contributed by atoms with Gasteiger partial charge in [0.1, 0.15) is 0 Å². The number of Topliss-reactive ketones (excluding diaryl/α,β-unsaturated/α-hetero) is 1. The van der Waals surface area contributed by atoms with Crippen molar-refractivity contribution in [1.29, 1.82) is 0 Å². The molecule has 0 saturated carbocycles. The molecule has 6 heteroatoms. The van der Waals surface area contributed by atoms with Crippen molar-refractivity contribution in [3.8, 4) is 5.69 Å². The van der Waals surface area contributed by atoms with Crippen LogP contribution in [0.15, 0.2) is 22.9 Å². The highest BCUT2D eigenvalue weighted by molar-refractivity contribution is 9.10. The van der Waals surface area contributed by atoms with Gasteiger partial charge in [-0.15, -0.1) is 5.10 Å². The molecular formula is C12H13BrN4O. The molecule has 0 radical (unpaired) electrons.